The number of hydrogen-bond donors (Lipinski definition) is 0. The van der Waals surface area contributed by atoms with E-state index in [1.165, 1.54) is 0 Å². The van der Waals surface area contributed by atoms with Crippen LogP contribution < -0.4 is 4.74 Å². The average molecular weight is 328 g/mol. The van der Waals surface area contributed by atoms with E-state index in [-0.39, 0.29) is 5.92 Å². The Morgan fingerprint density at radius 3 is 2.67 bits per heavy atom. The smallest absolute Gasteiger partial charge is 0.223 e. The van der Waals surface area contributed by atoms with E-state index < -0.39 is 0 Å². The normalized spacial score (nSPS) is 10.7. The van der Waals surface area contributed by atoms with Crippen molar-refractivity contribution in [1.82, 2.24) is 9.97 Å². The van der Waals surface area contributed by atoms with Crippen molar-refractivity contribution in [3.05, 3.63) is 45.8 Å². The molecular formula is C13H12BrClN2O. The number of benzene rings is 1. The van der Waals surface area contributed by atoms with Gasteiger partial charge in [-0.1, -0.05) is 31.5 Å². The number of ether oxygens (including phenoxy) is 1. The predicted molar refractivity (Wildman–Crippen MR) is 75.3 cm³/mol. The average Bonchev–Trinajstić information content (AvgIpc) is 2.28. The minimum Gasteiger partial charge on any atom is -0.439 e. The fraction of sp³-hybridized carbons (Fsp3) is 0.231. The molecule has 18 heavy (non-hydrogen) atoms. The third-order valence-corrected chi connectivity index (χ3v) is 2.86. The van der Waals surface area contributed by atoms with Crippen LogP contribution in [0.15, 0.2) is 34.9 Å². The van der Waals surface area contributed by atoms with Gasteiger partial charge in [0.25, 0.3) is 0 Å². The van der Waals surface area contributed by atoms with Crippen molar-refractivity contribution in [2.24, 2.45) is 0 Å². The molecule has 1 aromatic heterocycles. The topological polar surface area (TPSA) is 35.0 Å². The highest BCUT2D eigenvalue weighted by molar-refractivity contribution is 9.10. The van der Waals surface area contributed by atoms with Crippen LogP contribution in [0.1, 0.15) is 25.6 Å². The van der Waals surface area contributed by atoms with Crippen LogP contribution in [0.25, 0.3) is 0 Å². The largest absolute Gasteiger partial charge is 0.439 e. The van der Waals surface area contributed by atoms with Gasteiger partial charge in [-0.3, -0.25) is 0 Å². The molecule has 0 aliphatic rings. The quantitative estimate of drug-likeness (QED) is 0.759. The Morgan fingerprint density at radius 2 is 2.00 bits per heavy atom. The van der Waals surface area contributed by atoms with Gasteiger partial charge in [0.1, 0.15) is 16.2 Å². The first-order valence-corrected chi connectivity index (χ1v) is 6.69. The molecule has 0 bridgehead atoms. The first-order valence-electron chi connectivity index (χ1n) is 5.52. The van der Waals surface area contributed by atoms with Crippen molar-refractivity contribution < 1.29 is 4.74 Å². The molecule has 2 rings (SSSR count). The lowest BCUT2D eigenvalue weighted by Gasteiger charge is -2.09. The van der Waals surface area contributed by atoms with Crippen LogP contribution in [0.2, 0.25) is 5.02 Å². The minimum atomic E-state index is 0.240. The molecule has 0 aliphatic heterocycles. The Morgan fingerprint density at radius 1 is 1.22 bits per heavy atom. The lowest BCUT2D eigenvalue weighted by molar-refractivity contribution is 0.456. The highest BCUT2D eigenvalue weighted by Crippen LogP contribution is 2.25. The summed E-state index contributed by atoms with van der Waals surface area (Å²) in [5, 5.41) is 0.629. The SMILES string of the molecule is CC(C)c1nc(Br)cc(Oc2cccc(Cl)c2)n1. The second kappa shape index (κ2) is 5.67. The highest BCUT2D eigenvalue weighted by atomic mass is 79.9. The standard InChI is InChI=1S/C13H12BrClN2O/c1-8(2)13-16-11(14)7-12(17-13)18-10-5-3-4-9(15)6-10/h3-8H,1-2H3. The van der Waals surface area contributed by atoms with E-state index in [4.69, 9.17) is 16.3 Å². The summed E-state index contributed by atoms with van der Waals surface area (Å²) in [6, 6.07) is 8.93. The molecule has 0 saturated carbocycles. The van der Waals surface area contributed by atoms with Crippen LogP contribution >= 0.6 is 27.5 Å². The Labute approximate surface area is 119 Å². The van der Waals surface area contributed by atoms with Gasteiger partial charge in [0.05, 0.1) is 0 Å². The van der Waals surface area contributed by atoms with Gasteiger partial charge in [-0.25, -0.2) is 4.98 Å². The molecule has 0 unspecified atom stereocenters. The second-order valence-corrected chi connectivity index (χ2v) is 5.35. The van der Waals surface area contributed by atoms with Gasteiger partial charge in [-0.2, -0.15) is 4.98 Å². The van der Waals surface area contributed by atoms with E-state index in [2.05, 4.69) is 25.9 Å². The van der Waals surface area contributed by atoms with E-state index in [1.807, 2.05) is 26.0 Å². The molecular weight excluding hydrogens is 316 g/mol. The maximum Gasteiger partial charge on any atom is 0.223 e. The van der Waals surface area contributed by atoms with Crippen molar-refractivity contribution in [1.29, 1.82) is 0 Å². The first kappa shape index (κ1) is 13.3. The van der Waals surface area contributed by atoms with Gasteiger partial charge in [0.15, 0.2) is 0 Å². The van der Waals surface area contributed by atoms with Crippen molar-refractivity contribution in [2.45, 2.75) is 19.8 Å². The van der Waals surface area contributed by atoms with Gasteiger partial charge < -0.3 is 4.74 Å². The fourth-order valence-corrected chi connectivity index (χ4v) is 1.93. The second-order valence-electron chi connectivity index (χ2n) is 4.10. The van der Waals surface area contributed by atoms with Crippen LogP contribution in [0, 0.1) is 0 Å². The van der Waals surface area contributed by atoms with Crippen LogP contribution in [0.5, 0.6) is 11.6 Å². The molecule has 0 spiro atoms. The van der Waals surface area contributed by atoms with Gasteiger partial charge in [0.2, 0.25) is 5.88 Å². The summed E-state index contributed by atoms with van der Waals surface area (Å²) in [5.41, 5.74) is 0. The van der Waals surface area contributed by atoms with Crippen LogP contribution in [0.3, 0.4) is 0 Å². The van der Waals surface area contributed by atoms with Gasteiger partial charge in [-0.05, 0) is 34.1 Å². The molecule has 2 aromatic rings. The molecule has 94 valence electrons. The molecule has 1 aromatic carbocycles. The van der Waals surface area contributed by atoms with Crippen LogP contribution in [-0.2, 0) is 0 Å². The number of nitrogens with zero attached hydrogens (tertiary/aromatic N) is 2. The maximum atomic E-state index is 5.90. The van der Waals surface area contributed by atoms with Crippen molar-refractivity contribution in [2.75, 3.05) is 0 Å². The summed E-state index contributed by atoms with van der Waals surface area (Å²) in [7, 11) is 0. The van der Waals surface area contributed by atoms with E-state index in [0.29, 0.717) is 21.3 Å². The van der Waals surface area contributed by atoms with Crippen LogP contribution in [-0.4, -0.2) is 9.97 Å². The summed E-state index contributed by atoms with van der Waals surface area (Å²) in [5.74, 6) is 2.14. The molecule has 0 aliphatic carbocycles. The van der Waals surface area contributed by atoms with E-state index in [0.717, 1.165) is 5.82 Å². The summed E-state index contributed by atoms with van der Waals surface area (Å²) in [4.78, 5) is 8.64. The van der Waals surface area contributed by atoms with E-state index >= 15 is 0 Å². The number of aromatic nitrogens is 2. The van der Waals surface area contributed by atoms with E-state index in [1.54, 1.807) is 18.2 Å². The predicted octanol–water partition coefficient (Wildman–Crippen LogP) is 4.81. The zero-order valence-electron chi connectivity index (χ0n) is 10.0. The Kier molecular flexibility index (Phi) is 4.19. The third-order valence-electron chi connectivity index (χ3n) is 2.22. The number of rotatable bonds is 3. The number of hydrogen-bond acceptors (Lipinski definition) is 3. The molecule has 0 atom stereocenters. The molecule has 0 amide bonds. The fourth-order valence-electron chi connectivity index (χ4n) is 1.38. The van der Waals surface area contributed by atoms with Crippen molar-refractivity contribution in [3.63, 3.8) is 0 Å². The zero-order valence-corrected chi connectivity index (χ0v) is 12.4. The Hall–Kier alpha value is -1.13. The maximum absolute atomic E-state index is 5.90. The monoisotopic (exact) mass is 326 g/mol. The summed E-state index contributed by atoms with van der Waals surface area (Å²) in [6.07, 6.45) is 0. The summed E-state index contributed by atoms with van der Waals surface area (Å²) in [6.45, 7) is 4.07. The highest BCUT2D eigenvalue weighted by Gasteiger charge is 2.08. The van der Waals surface area contributed by atoms with Crippen molar-refractivity contribution in [3.8, 4) is 11.6 Å². The first-order chi connectivity index (χ1) is 8.54. The molecule has 1 heterocycles. The Bertz CT molecular complexity index is 560. The van der Waals surface area contributed by atoms with E-state index in [9.17, 15) is 0 Å². The molecule has 3 nitrogen and oxygen atoms in total. The lowest BCUT2D eigenvalue weighted by Crippen LogP contribution is -1.99. The Balaban J connectivity index is 2.29. The number of halogens is 2. The molecule has 5 heteroatoms. The zero-order chi connectivity index (χ0) is 13.1. The molecule has 0 radical (unpaired) electrons. The molecule has 0 saturated heterocycles. The summed E-state index contributed by atoms with van der Waals surface area (Å²) >= 11 is 9.25. The third kappa shape index (κ3) is 3.43. The summed E-state index contributed by atoms with van der Waals surface area (Å²) < 4.78 is 6.37. The van der Waals surface area contributed by atoms with Gasteiger partial charge in [0, 0.05) is 17.0 Å². The van der Waals surface area contributed by atoms with Crippen LogP contribution in [0.4, 0.5) is 0 Å². The minimum absolute atomic E-state index is 0.240. The molecule has 0 fully saturated rings. The molecule has 0 N–H and O–H groups in total. The van der Waals surface area contributed by atoms with Gasteiger partial charge in [-0.15, -0.1) is 0 Å². The lowest BCUT2D eigenvalue weighted by atomic mass is 10.2. The van der Waals surface area contributed by atoms with Crippen molar-refractivity contribution >= 4 is 27.5 Å². The van der Waals surface area contributed by atoms with Gasteiger partial charge >= 0.3 is 0 Å².